The number of carbonyl (C=O) groups excluding carboxylic acids is 2. The van der Waals surface area contributed by atoms with Gasteiger partial charge >= 0.3 is 0 Å². The van der Waals surface area contributed by atoms with Gasteiger partial charge in [0.1, 0.15) is 5.65 Å². The summed E-state index contributed by atoms with van der Waals surface area (Å²) in [6.07, 6.45) is 4.20. The molecule has 1 aliphatic heterocycles. The Labute approximate surface area is 149 Å². The van der Waals surface area contributed by atoms with Gasteiger partial charge < -0.3 is 14.8 Å². The Morgan fingerprint density at radius 2 is 1.84 bits per heavy atom. The Kier molecular flexibility index (Phi) is 4.23. The molecular weight excluding hydrogens is 336 g/mol. The number of aromatic amines is 1. The second-order valence-corrected chi connectivity index (χ2v) is 6.96. The molecular formula is C18H18N4O2S. The van der Waals surface area contributed by atoms with Gasteiger partial charge in [0.2, 0.25) is 0 Å². The van der Waals surface area contributed by atoms with E-state index in [1.54, 1.807) is 12.4 Å². The fourth-order valence-electron chi connectivity index (χ4n) is 3.18. The lowest BCUT2D eigenvalue weighted by atomic mass is 10.2. The molecule has 25 heavy (non-hydrogen) atoms. The standard InChI is InChI=1S/C18H18N4O2S/c23-17(14-12-20-16-13(14)4-1-6-19-16)21-7-3-8-22(10-9-21)18(24)15-5-2-11-25-15/h1-2,4-6,11-12H,3,7-10H2,(H,19,20). The van der Waals surface area contributed by atoms with E-state index in [0.29, 0.717) is 31.7 Å². The number of thiophene rings is 1. The second-order valence-electron chi connectivity index (χ2n) is 6.02. The van der Waals surface area contributed by atoms with E-state index in [1.807, 2.05) is 39.4 Å². The van der Waals surface area contributed by atoms with Gasteiger partial charge in [-0.3, -0.25) is 9.59 Å². The summed E-state index contributed by atoms with van der Waals surface area (Å²) in [6, 6.07) is 7.46. The molecule has 0 saturated carbocycles. The number of hydrogen-bond acceptors (Lipinski definition) is 4. The van der Waals surface area contributed by atoms with Crippen LogP contribution in [0.4, 0.5) is 0 Å². The molecule has 4 heterocycles. The maximum atomic E-state index is 12.9. The molecule has 1 saturated heterocycles. The maximum Gasteiger partial charge on any atom is 0.263 e. The van der Waals surface area contributed by atoms with E-state index >= 15 is 0 Å². The number of nitrogens with one attached hydrogen (secondary N) is 1. The molecule has 2 amide bonds. The molecule has 1 N–H and O–H groups in total. The van der Waals surface area contributed by atoms with Gasteiger partial charge in [-0.1, -0.05) is 6.07 Å². The summed E-state index contributed by atoms with van der Waals surface area (Å²) in [4.78, 5) is 37.1. The number of nitrogens with zero attached hydrogens (tertiary/aromatic N) is 3. The first-order valence-electron chi connectivity index (χ1n) is 8.28. The summed E-state index contributed by atoms with van der Waals surface area (Å²) in [5, 5.41) is 2.75. The Balaban J connectivity index is 1.49. The van der Waals surface area contributed by atoms with Crippen molar-refractivity contribution in [2.24, 2.45) is 0 Å². The molecule has 1 aliphatic rings. The van der Waals surface area contributed by atoms with Crippen molar-refractivity contribution in [1.29, 1.82) is 0 Å². The molecule has 6 nitrogen and oxygen atoms in total. The van der Waals surface area contributed by atoms with Crippen molar-refractivity contribution >= 4 is 34.2 Å². The van der Waals surface area contributed by atoms with Gasteiger partial charge in [0.25, 0.3) is 11.8 Å². The number of hydrogen-bond donors (Lipinski definition) is 1. The summed E-state index contributed by atoms with van der Waals surface area (Å²) in [5.41, 5.74) is 1.36. The zero-order valence-electron chi connectivity index (χ0n) is 13.6. The van der Waals surface area contributed by atoms with Gasteiger partial charge in [-0.15, -0.1) is 11.3 Å². The molecule has 0 aromatic carbocycles. The van der Waals surface area contributed by atoms with E-state index in [1.165, 1.54) is 11.3 Å². The van der Waals surface area contributed by atoms with Crippen LogP contribution in [0.1, 0.15) is 26.5 Å². The minimum atomic E-state index is -0.00956. The summed E-state index contributed by atoms with van der Waals surface area (Å²) >= 11 is 1.46. The average molecular weight is 354 g/mol. The second kappa shape index (κ2) is 6.68. The van der Waals surface area contributed by atoms with Crippen molar-refractivity contribution in [3.63, 3.8) is 0 Å². The smallest absolute Gasteiger partial charge is 0.263 e. The lowest BCUT2D eigenvalue weighted by Gasteiger charge is -2.21. The van der Waals surface area contributed by atoms with Crippen LogP contribution < -0.4 is 0 Å². The normalized spacial score (nSPS) is 15.4. The van der Waals surface area contributed by atoms with Crippen LogP contribution in [0.5, 0.6) is 0 Å². The SMILES string of the molecule is O=C(c1cccs1)N1CCCN(C(=O)c2c[nH]c3ncccc23)CC1. The first kappa shape index (κ1) is 15.8. The van der Waals surface area contributed by atoms with Gasteiger partial charge in [-0.25, -0.2) is 4.98 Å². The first-order chi connectivity index (χ1) is 12.2. The van der Waals surface area contributed by atoms with E-state index < -0.39 is 0 Å². The van der Waals surface area contributed by atoms with Crippen molar-refractivity contribution in [2.45, 2.75) is 6.42 Å². The minimum absolute atomic E-state index is 0.00956. The van der Waals surface area contributed by atoms with Gasteiger partial charge in [0, 0.05) is 44.0 Å². The Morgan fingerprint density at radius 3 is 2.60 bits per heavy atom. The molecule has 3 aromatic heterocycles. The number of amides is 2. The summed E-state index contributed by atoms with van der Waals surface area (Å²) in [5.74, 6) is 0.0465. The highest BCUT2D eigenvalue weighted by Gasteiger charge is 2.25. The molecule has 0 aliphatic carbocycles. The van der Waals surface area contributed by atoms with Crippen LogP contribution in [0.3, 0.4) is 0 Å². The number of carbonyl (C=O) groups is 2. The fourth-order valence-corrected chi connectivity index (χ4v) is 3.87. The highest BCUT2D eigenvalue weighted by Crippen LogP contribution is 2.19. The minimum Gasteiger partial charge on any atom is -0.345 e. The first-order valence-corrected chi connectivity index (χ1v) is 9.16. The van der Waals surface area contributed by atoms with E-state index in [4.69, 9.17) is 0 Å². The van der Waals surface area contributed by atoms with Crippen LogP contribution >= 0.6 is 11.3 Å². The maximum absolute atomic E-state index is 12.9. The molecule has 0 spiro atoms. The topological polar surface area (TPSA) is 69.3 Å². The van der Waals surface area contributed by atoms with Crippen molar-refractivity contribution in [3.05, 3.63) is 52.5 Å². The van der Waals surface area contributed by atoms with Crippen molar-refractivity contribution in [3.8, 4) is 0 Å². The Morgan fingerprint density at radius 1 is 1.04 bits per heavy atom. The molecule has 1 fully saturated rings. The summed E-state index contributed by atoms with van der Waals surface area (Å²) in [6.45, 7) is 2.43. The predicted octanol–water partition coefficient (Wildman–Crippen LogP) is 2.61. The number of fused-ring (bicyclic) bond motifs is 1. The van der Waals surface area contributed by atoms with Crippen LogP contribution in [0.25, 0.3) is 11.0 Å². The third-order valence-electron chi connectivity index (χ3n) is 4.48. The number of rotatable bonds is 2. The van der Waals surface area contributed by atoms with Crippen LogP contribution in [-0.4, -0.2) is 57.8 Å². The third-order valence-corrected chi connectivity index (χ3v) is 5.34. The van der Waals surface area contributed by atoms with Crippen molar-refractivity contribution in [2.75, 3.05) is 26.2 Å². The van der Waals surface area contributed by atoms with Gasteiger partial charge in [0.15, 0.2) is 0 Å². The summed E-state index contributed by atoms with van der Waals surface area (Å²) in [7, 11) is 0. The quantitative estimate of drug-likeness (QED) is 0.769. The summed E-state index contributed by atoms with van der Waals surface area (Å²) < 4.78 is 0. The largest absolute Gasteiger partial charge is 0.345 e. The zero-order chi connectivity index (χ0) is 17.2. The van der Waals surface area contributed by atoms with Gasteiger partial charge in [0.05, 0.1) is 10.4 Å². The Hall–Kier alpha value is -2.67. The number of pyridine rings is 1. The van der Waals surface area contributed by atoms with Crippen LogP contribution in [0, 0.1) is 0 Å². The van der Waals surface area contributed by atoms with Gasteiger partial charge in [-0.2, -0.15) is 0 Å². The molecule has 3 aromatic rings. The van der Waals surface area contributed by atoms with E-state index in [-0.39, 0.29) is 11.8 Å². The molecule has 4 rings (SSSR count). The highest BCUT2D eigenvalue weighted by atomic mass is 32.1. The number of aromatic nitrogens is 2. The molecule has 0 atom stereocenters. The average Bonchev–Trinajstić information content (AvgIpc) is 3.25. The van der Waals surface area contributed by atoms with Gasteiger partial charge in [-0.05, 0) is 30.0 Å². The number of H-pyrrole nitrogens is 1. The van der Waals surface area contributed by atoms with E-state index in [0.717, 1.165) is 22.3 Å². The van der Waals surface area contributed by atoms with Crippen LogP contribution in [0.15, 0.2) is 42.0 Å². The lowest BCUT2D eigenvalue weighted by molar-refractivity contribution is 0.0722. The molecule has 128 valence electrons. The lowest BCUT2D eigenvalue weighted by Crippen LogP contribution is -2.37. The third kappa shape index (κ3) is 3.02. The molecule has 0 radical (unpaired) electrons. The fraction of sp³-hybridized carbons (Fsp3) is 0.278. The molecule has 0 bridgehead atoms. The monoisotopic (exact) mass is 354 g/mol. The zero-order valence-corrected chi connectivity index (χ0v) is 14.5. The predicted molar refractivity (Wildman–Crippen MR) is 96.8 cm³/mol. The van der Waals surface area contributed by atoms with E-state index in [9.17, 15) is 9.59 Å². The van der Waals surface area contributed by atoms with Crippen molar-refractivity contribution < 1.29 is 9.59 Å². The Bertz CT molecular complexity index is 903. The molecule has 0 unspecified atom stereocenters. The molecule has 7 heteroatoms. The highest BCUT2D eigenvalue weighted by molar-refractivity contribution is 7.12. The van der Waals surface area contributed by atoms with Crippen LogP contribution in [-0.2, 0) is 0 Å². The van der Waals surface area contributed by atoms with E-state index in [2.05, 4.69) is 9.97 Å². The van der Waals surface area contributed by atoms with Crippen LogP contribution in [0.2, 0.25) is 0 Å². The van der Waals surface area contributed by atoms with Crippen molar-refractivity contribution in [1.82, 2.24) is 19.8 Å².